The highest BCUT2D eigenvalue weighted by Gasteiger charge is 2.52. The standard InChI is InChI=1S/C28H23Cl2F4N5O2S/c1-2-42-23-8-7-19(13-35-23)39(15-28(32,33)34)14-22(40)36-18-11-20(29)24(21(30)12-18)27(9-10-27)26-37-25(41-38-26)16-3-5-17(31)6-4-16/h3-8,11-13H,2,9-10,14-15H2,1H3,(H,36,40). The first-order valence-electron chi connectivity index (χ1n) is 12.8. The highest BCUT2D eigenvalue weighted by Crippen LogP contribution is 2.57. The van der Waals surface area contributed by atoms with Crippen molar-refractivity contribution in [1.82, 2.24) is 15.1 Å². The van der Waals surface area contributed by atoms with Gasteiger partial charge in [0.2, 0.25) is 5.91 Å². The molecule has 2 aromatic heterocycles. The molecular weight excluding hydrogens is 617 g/mol. The van der Waals surface area contributed by atoms with Crippen LogP contribution in [-0.2, 0) is 10.2 Å². The molecule has 4 aromatic rings. The Hall–Kier alpha value is -3.35. The summed E-state index contributed by atoms with van der Waals surface area (Å²) in [6.07, 6.45) is -1.96. The fraction of sp³-hybridized carbons (Fsp3) is 0.286. The first-order chi connectivity index (χ1) is 20.0. The number of hydrogen-bond donors (Lipinski definition) is 1. The lowest BCUT2D eigenvalue weighted by Gasteiger charge is -2.25. The Bertz CT molecular complexity index is 1560. The Balaban J connectivity index is 1.33. The predicted octanol–water partition coefficient (Wildman–Crippen LogP) is 7.78. The van der Waals surface area contributed by atoms with E-state index in [1.165, 1.54) is 60.4 Å². The number of aromatic nitrogens is 3. The predicted molar refractivity (Wildman–Crippen MR) is 154 cm³/mol. The van der Waals surface area contributed by atoms with Gasteiger partial charge in [-0.1, -0.05) is 35.3 Å². The third-order valence-corrected chi connectivity index (χ3v) is 8.00. The highest BCUT2D eigenvalue weighted by molar-refractivity contribution is 7.99. The lowest BCUT2D eigenvalue weighted by molar-refractivity contribution is -0.122. The Morgan fingerprint density at radius 2 is 1.81 bits per heavy atom. The summed E-state index contributed by atoms with van der Waals surface area (Å²) in [7, 11) is 0. The molecule has 0 aliphatic heterocycles. The van der Waals surface area contributed by atoms with E-state index in [4.69, 9.17) is 27.7 Å². The molecule has 1 aliphatic carbocycles. The number of benzene rings is 2. The minimum absolute atomic E-state index is 0.158. The number of carbonyl (C=O) groups excluding carboxylic acids is 1. The molecule has 0 unspecified atom stereocenters. The number of thioether (sulfide) groups is 1. The number of rotatable bonds is 10. The second-order valence-corrected chi connectivity index (χ2v) is 11.7. The topological polar surface area (TPSA) is 84.2 Å². The molecule has 7 nitrogen and oxygen atoms in total. The Morgan fingerprint density at radius 3 is 2.38 bits per heavy atom. The summed E-state index contributed by atoms with van der Waals surface area (Å²) < 4.78 is 58.7. The van der Waals surface area contributed by atoms with Gasteiger partial charge in [-0.05, 0) is 67.1 Å². The lowest BCUT2D eigenvalue weighted by atomic mass is 9.94. The van der Waals surface area contributed by atoms with E-state index in [2.05, 4.69) is 20.4 Å². The third kappa shape index (κ3) is 6.82. The van der Waals surface area contributed by atoms with Crippen molar-refractivity contribution in [2.45, 2.75) is 36.4 Å². The number of anilines is 2. The SMILES string of the molecule is CCSc1ccc(N(CC(=O)Nc2cc(Cl)c(C3(c4noc(-c5ccc(F)cc5)n4)CC3)c(Cl)c2)CC(F)(F)F)cn1. The fourth-order valence-corrected chi connectivity index (χ4v) is 6.00. The minimum Gasteiger partial charge on any atom is -0.352 e. The van der Waals surface area contributed by atoms with Gasteiger partial charge in [0.1, 0.15) is 12.4 Å². The molecule has 2 heterocycles. The normalized spacial score (nSPS) is 14.1. The zero-order valence-electron chi connectivity index (χ0n) is 22.0. The Morgan fingerprint density at radius 1 is 1.12 bits per heavy atom. The number of hydrogen-bond acceptors (Lipinski definition) is 7. The molecule has 0 bridgehead atoms. The minimum atomic E-state index is -4.55. The molecule has 220 valence electrons. The molecule has 1 amide bonds. The second-order valence-electron chi connectivity index (χ2n) is 9.63. The van der Waals surface area contributed by atoms with E-state index in [-0.39, 0.29) is 27.3 Å². The zero-order chi connectivity index (χ0) is 30.1. The average molecular weight is 640 g/mol. The maximum absolute atomic E-state index is 13.3. The lowest BCUT2D eigenvalue weighted by Crippen LogP contribution is -2.39. The highest BCUT2D eigenvalue weighted by atomic mass is 35.5. The van der Waals surface area contributed by atoms with Crippen LogP contribution in [0.2, 0.25) is 10.0 Å². The van der Waals surface area contributed by atoms with Crippen molar-refractivity contribution < 1.29 is 26.9 Å². The monoisotopic (exact) mass is 639 g/mol. The van der Waals surface area contributed by atoms with Crippen molar-refractivity contribution in [3.8, 4) is 11.5 Å². The molecule has 1 N–H and O–H groups in total. The van der Waals surface area contributed by atoms with Crippen LogP contribution in [0.5, 0.6) is 0 Å². The summed E-state index contributed by atoms with van der Waals surface area (Å²) in [5, 5.41) is 7.82. The van der Waals surface area contributed by atoms with Gasteiger partial charge in [-0.3, -0.25) is 4.79 Å². The van der Waals surface area contributed by atoms with E-state index in [1.54, 1.807) is 6.07 Å². The summed E-state index contributed by atoms with van der Waals surface area (Å²) in [4.78, 5) is 22.4. The van der Waals surface area contributed by atoms with E-state index in [1.807, 2.05) is 6.92 Å². The molecule has 1 saturated carbocycles. The molecule has 1 aliphatic rings. The maximum atomic E-state index is 13.3. The molecule has 0 atom stereocenters. The van der Waals surface area contributed by atoms with Crippen LogP contribution in [0.4, 0.5) is 28.9 Å². The van der Waals surface area contributed by atoms with Crippen molar-refractivity contribution in [1.29, 1.82) is 0 Å². The number of carbonyl (C=O) groups is 1. The van der Waals surface area contributed by atoms with Crippen LogP contribution in [0.25, 0.3) is 11.5 Å². The van der Waals surface area contributed by atoms with Crippen LogP contribution in [0, 0.1) is 5.82 Å². The van der Waals surface area contributed by atoms with Crippen molar-refractivity contribution in [2.75, 3.05) is 29.1 Å². The molecule has 5 rings (SSSR count). The molecule has 1 fully saturated rings. The molecular formula is C28H23Cl2F4N5O2S. The summed E-state index contributed by atoms with van der Waals surface area (Å²) >= 11 is 14.7. The van der Waals surface area contributed by atoms with Gasteiger partial charge in [0, 0.05) is 26.9 Å². The molecule has 42 heavy (non-hydrogen) atoms. The maximum Gasteiger partial charge on any atom is 0.405 e. The van der Waals surface area contributed by atoms with Crippen molar-refractivity contribution in [3.05, 3.63) is 82.0 Å². The van der Waals surface area contributed by atoms with Crippen LogP contribution in [0.15, 0.2) is 64.3 Å². The van der Waals surface area contributed by atoms with Crippen LogP contribution in [0.3, 0.4) is 0 Å². The van der Waals surface area contributed by atoms with Gasteiger partial charge in [0.25, 0.3) is 5.89 Å². The molecule has 14 heteroatoms. The fourth-order valence-electron chi connectivity index (χ4n) is 4.56. The van der Waals surface area contributed by atoms with E-state index >= 15 is 0 Å². The van der Waals surface area contributed by atoms with Gasteiger partial charge in [-0.25, -0.2) is 9.37 Å². The van der Waals surface area contributed by atoms with Gasteiger partial charge >= 0.3 is 6.18 Å². The first kappa shape index (κ1) is 30.1. The van der Waals surface area contributed by atoms with Gasteiger partial charge < -0.3 is 14.7 Å². The molecule has 2 aromatic carbocycles. The largest absolute Gasteiger partial charge is 0.405 e. The van der Waals surface area contributed by atoms with E-state index in [0.29, 0.717) is 34.8 Å². The van der Waals surface area contributed by atoms with Gasteiger partial charge in [-0.2, -0.15) is 18.2 Å². The van der Waals surface area contributed by atoms with Crippen molar-refractivity contribution in [2.24, 2.45) is 0 Å². The summed E-state index contributed by atoms with van der Waals surface area (Å²) in [5.74, 6) is 0.243. The molecule has 0 radical (unpaired) electrons. The van der Waals surface area contributed by atoms with Crippen LogP contribution in [0.1, 0.15) is 31.2 Å². The van der Waals surface area contributed by atoms with Gasteiger partial charge in [0.05, 0.1) is 28.9 Å². The summed E-state index contributed by atoms with van der Waals surface area (Å²) in [6.45, 7) is 0.0145. The molecule has 0 spiro atoms. The third-order valence-electron chi connectivity index (χ3n) is 6.58. The number of alkyl halides is 3. The second kappa shape index (κ2) is 12.1. The zero-order valence-corrected chi connectivity index (χ0v) is 24.3. The quantitative estimate of drug-likeness (QED) is 0.140. The summed E-state index contributed by atoms with van der Waals surface area (Å²) in [5.41, 5.74) is 0.758. The van der Waals surface area contributed by atoms with E-state index in [9.17, 15) is 22.4 Å². The summed E-state index contributed by atoms with van der Waals surface area (Å²) in [6, 6.07) is 11.7. The van der Waals surface area contributed by atoms with Gasteiger partial charge in [0.15, 0.2) is 5.82 Å². The number of nitrogens with one attached hydrogen (secondary N) is 1. The first-order valence-corrected chi connectivity index (χ1v) is 14.5. The molecule has 0 saturated heterocycles. The Kier molecular flexibility index (Phi) is 8.68. The number of halogens is 6. The number of pyridine rings is 1. The Labute approximate surface area is 252 Å². The number of amides is 1. The van der Waals surface area contributed by atoms with Crippen molar-refractivity contribution >= 4 is 52.2 Å². The van der Waals surface area contributed by atoms with E-state index in [0.717, 1.165) is 10.7 Å². The van der Waals surface area contributed by atoms with Crippen molar-refractivity contribution in [3.63, 3.8) is 0 Å². The van der Waals surface area contributed by atoms with Gasteiger partial charge in [-0.15, -0.1) is 11.8 Å². The smallest absolute Gasteiger partial charge is 0.352 e. The van der Waals surface area contributed by atoms with E-state index < -0.39 is 36.4 Å². The van der Waals surface area contributed by atoms with Crippen LogP contribution >= 0.6 is 35.0 Å². The average Bonchev–Trinajstić information content (AvgIpc) is 3.54. The number of nitrogens with zero attached hydrogens (tertiary/aromatic N) is 4. The van der Waals surface area contributed by atoms with Crippen LogP contribution in [-0.4, -0.2) is 46.1 Å². The van der Waals surface area contributed by atoms with Crippen LogP contribution < -0.4 is 10.2 Å².